The second-order valence-electron chi connectivity index (χ2n) is 4.71. The molecule has 0 saturated carbocycles. The van der Waals surface area contributed by atoms with Crippen molar-refractivity contribution in [3.63, 3.8) is 0 Å². The Bertz CT molecular complexity index is 716. The van der Waals surface area contributed by atoms with Crippen LogP contribution in [0.2, 0.25) is 0 Å². The molecular weight excluding hydrogens is 294 g/mol. The highest BCUT2D eigenvalue weighted by Gasteiger charge is 2.33. The zero-order chi connectivity index (χ0) is 14.9. The summed E-state index contributed by atoms with van der Waals surface area (Å²) >= 11 is 0. The van der Waals surface area contributed by atoms with Gasteiger partial charge in [-0.3, -0.25) is 5.10 Å². The van der Waals surface area contributed by atoms with Crippen molar-refractivity contribution in [3.05, 3.63) is 36.2 Å². The number of rotatable bonds is 3. The third-order valence-electron chi connectivity index (χ3n) is 3.24. The molecule has 3 heterocycles. The maximum atomic E-state index is 12.5. The molecule has 21 heavy (non-hydrogen) atoms. The number of ether oxygens (including phenoxy) is 1. The maximum Gasteiger partial charge on any atom is 0.246 e. The molecule has 1 aliphatic rings. The van der Waals surface area contributed by atoms with Crippen LogP contribution in [0.4, 0.5) is 0 Å². The van der Waals surface area contributed by atoms with Crippen LogP contribution in [-0.4, -0.2) is 52.6 Å². The summed E-state index contributed by atoms with van der Waals surface area (Å²) in [5.41, 5.74) is 0.818. The van der Waals surface area contributed by atoms with Crippen LogP contribution >= 0.6 is 0 Å². The van der Waals surface area contributed by atoms with E-state index in [1.165, 1.54) is 16.7 Å². The van der Waals surface area contributed by atoms with Gasteiger partial charge in [-0.05, 0) is 13.0 Å². The Morgan fingerprint density at radius 3 is 3.05 bits per heavy atom. The second-order valence-corrected chi connectivity index (χ2v) is 6.65. The SMILES string of the molecule is Cc1ccnc([C@H]2CN(S(=O)(=O)c3cn[nH]c3)CCO2)n1. The minimum Gasteiger partial charge on any atom is -0.367 e. The van der Waals surface area contributed by atoms with Crippen LogP contribution in [0.15, 0.2) is 29.6 Å². The number of hydrogen-bond acceptors (Lipinski definition) is 6. The summed E-state index contributed by atoms with van der Waals surface area (Å²) in [4.78, 5) is 8.61. The summed E-state index contributed by atoms with van der Waals surface area (Å²) < 4.78 is 31.9. The van der Waals surface area contributed by atoms with Crippen molar-refractivity contribution in [2.24, 2.45) is 0 Å². The van der Waals surface area contributed by atoms with Crippen LogP contribution in [0.1, 0.15) is 17.6 Å². The number of aryl methyl sites for hydroxylation is 1. The predicted molar refractivity (Wildman–Crippen MR) is 72.8 cm³/mol. The number of sulfonamides is 1. The highest BCUT2D eigenvalue weighted by Crippen LogP contribution is 2.24. The van der Waals surface area contributed by atoms with Crippen LogP contribution in [-0.2, 0) is 14.8 Å². The Morgan fingerprint density at radius 2 is 2.33 bits per heavy atom. The molecule has 0 bridgehead atoms. The lowest BCUT2D eigenvalue weighted by Crippen LogP contribution is -2.42. The number of morpholine rings is 1. The van der Waals surface area contributed by atoms with Crippen LogP contribution in [0.3, 0.4) is 0 Å². The lowest BCUT2D eigenvalue weighted by Gasteiger charge is -2.31. The average Bonchev–Trinajstić information content (AvgIpc) is 3.02. The number of aromatic nitrogens is 4. The van der Waals surface area contributed by atoms with E-state index in [2.05, 4.69) is 20.2 Å². The summed E-state index contributed by atoms with van der Waals surface area (Å²) in [5.74, 6) is 0.502. The molecule has 2 aromatic heterocycles. The van der Waals surface area contributed by atoms with Crippen molar-refractivity contribution in [1.82, 2.24) is 24.5 Å². The minimum atomic E-state index is -3.57. The Hall–Kier alpha value is -1.84. The molecule has 0 aromatic carbocycles. The van der Waals surface area contributed by atoms with E-state index in [1.807, 2.05) is 6.92 Å². The molecule has 0 spiro atoms. The molecule has 1 fully saturated rings. The van der Waals surface area contributed by atoms with E-state index >= 15 is 0 Å². The molecule has 0 radical (unpaired) electrons. The lowest BCUT2D eigenvalue weighted by molar-refractivity contribution is -0.00761. The molecule has 1 N–H and O–H groups in total. The molecule has 0 unspecified atom stereocenters. The van der Waals surface area contributed by atoms with Crippen molar-refractivity contribution in [2.75, 3.05) is 19.7 Å². The molecule has 9 heteroatoms. The first-order valence-electron chi connectivity index (χ1n) is 6.47. The zero-order valence-corrected chi connectivity index (χ0v) is 12.2. The van der Waals surface area contributed by atoms with E-state index in [4.69, 9.17) is 4.74 Å². The fourth-order valence-corrected chi connectivity index (χ4v) is 3.49. The maximum absolute atomic E-state index is 12.5. The summed E-state index contributed by atoms with van der Waals surface area (Å²) in [6, 6.07) is 1.78. The first-order valence-corrected chi connectivity index (χ1v) is 7.91. The summed E-state index contributed by atoms with van der Waals surface area (Å²) in [5, 5.41) is 6.20. The zero-order valence-electron chi connectivity index (χ0n) is 11.4. The number of nitrogens with zero attached hydrogens (tertiary/aromatic N) is 4. The molecule has 112 valence electrons. The summed E-state index contributed by atoms with van der Waals surface area (Å²) in [6.45, 7) is 2.65. The molecule has 0 amide bonds. The van der Waals surface area contributed by atoms with Crippen molar-refractivity contribution in [2.45, 2.75) is 17.9 Å². The standard InChI is InChI=1S/C12H15N5O3S/c1-9-2-3-13-12(16-9)11-8-17(4-5-20-11)21(18,19)10-6-14-15-7-10/h2-3,6-7,11H,4-5,8H2,1H3,(H,14,15)/t11-/m1/s1. The van der Waals surface area contributed by atoms with E-state index < -0.39 is 16.1 Å². The van der Waals surface area contributed by atoms with Crippen LogP contribution < -0.4 is 0 Å². The minimum absolute atomic E-state index is 0.147. The first-order chi connectivity index (χ1) is 10.1. The highest BCUT2D eigenvalue weighted by molar-refractivity contribution is 7.89. The summed E-state index contributed by atoms with van der Waals surface area (Å²) in [7, 11) is -3.57. The summed E-state index contributed by atoms with van der Waals surface area (Å²) in [6.07, 6.45) is 3.84. The van der Waals surface area contributed by atoms with Crippen LogP contribution in [0.5, 0.6) is 0 Å². The van der Waals surface area contributed by atoms with Gasteiger partial charge in [0, 0.05) is 31.2 Å². The van der Waals surface area contributed by atoms with E-state index in [9.17, 15) is 8.42 Å². The fraction of sp³-hybridized carbons (Fsp3) is 0.417. The van der Waals surface area contributed by atoms with Gasteiger partial charge in [0.05, 0.1) is 12.8 Å². The predicted octanol–water partition coefficient (Wildman–Crippen LogP) is 0.270. The normalized spacial score (nSPS) is 20.5. The number of nitrogens with one attached hydrogen (secondary N) is 1. The number of hydrogen-bond donors (Lipinski definition) is 1. The van der Waals surface area contributed by atoms with Gasteiger partial charge in [-0.2, -0.15) is 9.40 Å². The Kier molecular flexibility index (Phi) is 3.70. The lowest BCUT2D eigenvalue weighted by atomic mass is 10.3. The van der Waals surface area contributed by atoms with Gasteiger partial charge in [-0.1, -0.05) is 0 Å². The van der Waals surface area contributed by atoms with Crippen LogP contribution in [0.25, 0.3) is 0 Å². The third-order valence-corrected chi connectivity index (χ3v) is 5.07. The van der Waals surface area contributed by atoms with Crippen molar-refractivity contribution in [3.8, 4) is 0 Å². The quantitative estimate of drug-likeness (QED) is 0.873. The second kappa shape index (κ2) is 5.51. The van der Waals surface area contributed by atoms with E-state index in [-0.39, 0.29) is 11.4 Å². The molecule has 2 aromatic rings. The molecule has 0 aliphatic carbocycles. The largest absolute Gasteiger partial charge is 0.367 e. The first kappa shape index (κ1) is 14.1. The Labute approximate surface area is 122 Å². The molecule has 1 saturated heterocycles. The smallest absolute Gasteiger partial charge is 0.246 e. The topological polar surface area (TPSA) is 101 Å². The fourth-order valence-electron chi connectivity index (χ4n) is 2.15. The highest BCUT2D eigenvalue weighted by atomic mass is 32.2. The monoisotopic (exact) mass is 309 g/mol. The third kappa shape index (κ3) is 2.80. The van der Waals surface area contributed by atoms with Gasteiger partial charge < -0.3 is 4.74 Å². The van der Waals surface area contributed by atoms with Crippen molar-refractivity contribution in [1.29, 1.82) is 0 Å². The van der Waals surface area contributed by atoms with Crippen molar-refractivity contribution >= 4 is 10.0 Å². The molecule has 1 aliphatic heterocycles. The molecular formula is C12H15N5O3S. The van der Waals surface area contributed by atoms with Crippen molar-refractivity contribution < 1.29 is 13.2 Å². The van der Waals surface area contributed by atoms with E-state index in [0.29, 0.717) is 19.0 Å². The van der Waals surface area contributed by atoms with Gasteiger partial charge in [0.15, 0.2) is 5.82 Å². The van der Waals surface area contributed by atoms with Crippen LogP contribution in [0, 0.1) is 6.92 Å². The average molecular weight is 309 g/mol. The Morgan fingerprint density at radius 1 is 1.48 bits per heavy atom. The Balaban J connectivity index is 1.83. The van der Waals surface area contributed by atoms with Gasteiger partial charge in [-0.15, -0.1) is 0 Å². The van der Waals surface area contributed by atoms with Gasteiger partial charge in [0.1, 0.15) is 11.0 Å². The van der Waals surface area contributed by atoms with Gasteiger partial charge in [0.25, 0.3) is 0 Å². The van der Waals surface area contributed by atoms with Gasteiger partial charge in [-0.25, -0.2) is 18.4 Å². The molecule has 1 atom stereocenters. The number of H-pyrrole nitrogens is 1. The van der Waals surface area contributed by atoms with Gasteiger partial charge >= 0.3 is 0 Å². The van der Waals surface area contributed by atoms with E-state index in [0.717, 1.165) is 5.69 Å². The number of aromatic amines is 1. The molecule has 8 nitrogen and oxygen atoms in total. The van der Waals surface area contributed by atoms with Gasteiger partial charge in [0.2, 0.25) is 10.0 Å². The van der Waals surface area contributed by atoms with E-state index in [1.54, 1.807) is 12.3 Å². The molecule has 3 rings (SSSR count).